The Kier molecular flexibility index (Phi) is 5.53. The molecule has 9 nitrogen and oxygen atoms in total. The summed E-state index contributed by atoms with van der Waals surface area (Å²) >= 11 is 0. The van der Waals surface area contributed by atoms with Crippen LogP contribution < -0.4 is 5.32 Å². The van der Waals surface area contributed by atoms with Crippen LogP contribution in [0, 0.1) is 5.92 Å². The van der Waals surface area contributed by atoms with Gasteiger partial charge >= 0.3 is 0 Å². The molecule has 0 radical (unpaired) electrons. The van der Waals surface area contributed by atoms with Gasteiger partial charge in [0.2, 0.25) is 5.91 Å². The van der Waals surface area contributed by atoms with Crippen LogP contribution in [-0.4, -0.2) is 58.2 Å². The molecule has 0 aromatic carbocycles. The number of carbonyl (C=O) groups excluding carboxylic acids is 1. The van der Waals surface area contributed by atoms with E-state index >= 15 is 0 Å². The second-order valence-corrected chi connectivity index (χ2v) is 10.5. The summed E-state index contributed by atoms with van der Waals surface area (Å²) in [7, 11) is -3.64. The summed E-state index contributed by atoms with van der Waals surface area (Å²) in [4.78, 5) is 13.9. The van der Waals surface area contributed by atoms with Crippen LogP contribution >= 0.6 is 0 Å². The smallest absolute Gasteiger partial charge is 0.270 e. The topological polar surface area (TPSA) is 116 Å². The van der Waals surface area contributed by atoms with E-state index in [1.54, 1.807) is 0 Å². The first-order chi connectivity index (χ1) is 11.4. The lowest BCUT2D eigenvalue weighted by Crippen LogP contribution is -2.46. The number of tetrazole rings is 1. The normalized spacial score (nSPS) is 19.2. The minimum Gasteiger partial charge on any atom is -0.381 e. The van der Waals surface area contributed by atoms with E-state index < -0.39 is 20.5 Å². The molecule has 2 rings (SSSR count). The van der Waals surface area contributed by atoms with Gasteiger partial charge in [0, 0.05) is 13.2 Å². The van der Waals surface area contributed by atoms with Crippen molar-refractivity contribution in [3.8, 4) is 0 Å². The first-order valence-corrected chi connectivity index (χ1v) is 10.0. The molecule has 1 aliphatic rings. The summed E-state index contributed by atoms with van der Waals surface area (Å²) < 4.78 is 29.0. The van der Waals surface area contributed by atoms with Gasteiger partial charge < -0.3 is 4.74 Å². The first kappa shape index (κ1) is 19.8. The Bertz CT molecular complexity index is 715. The van der Waals surface area contributed by atoms with E-state index in [9.17, 15) is 13.2 Å². The minimum atomic E-state index is -3.64. The average Bonchev–Trinajstić information content (AvgIpc) is 3.15. The Morgan fingerprint density at radius 3 is 2.52 bits per heavy atom. The van der Waals surface area contributed by atoms with Crippen molar-refractivity contribution in [1.29, 1.82) is 0 Å². The zero-order valence-electron chi connectivity index (χ0n) is 15.4. The van der Waals surface area contributed by atoms with E-state index in [0.29, 0.717) is 19.6 Å². The maximum absolute atomic E-state index is 12.6. The van der Waals surface area contributed by atoms with Crippen LogP contribution in [0.25, 0.3) is 0 Å². The number of amides is 1. The molecule has 1 atom stereocenters. The molecule has 2 heterocycles. The maximum Gasteiger partial charge on any atom is 0.270 e. The van der Waals surface area contributed by atoms with Crippen molar-refractivity contribution in [2.45, 2.75) is 57.7 Å². The van der Waals surface area contributed by atoms with E-state index in [2.05, 4.69) is 20.7 Å². The van der Waals surface area contributed by atoms with Gasteiger partial charge in [0.05, 0.1) is 11.3 Å². The zero-order valence-corrected chi connectivity index (χ0v) is 16.3. The van der Waals surface area contributed by atoms with Crippen LogP contribution in [0.3, 0.4) is 0 Å². The molecule has 1 fully saturated rings. The van der Waals surface area contributed by atoms with Crippen LogP contribution in [0.2, 0.25) is 0 Å². The van der Waals surface area contributed by atoms with Crippen molar-refractivity contribution in [2.24, 2.45) is 5.92 Å². The van der Waals surface area contributed by atoms with Crippen LogP contribution in [0.5, 0.6) is 0 Å². The molecular formula is C15H27N5O4S. The summed E-state index contributed by atoms with van der Waals surface area (Å²) in [5.41, 5.74) is -0.388. The third-order valence-electron chi connectivity index (χ3n) is 4.38. The molecule has 1 N–H and O–H groups in total. The monoisotopic (exact) mass is 373 g/mol. The Morgan fingerprint density at radius 1 is 1.32 bits per heavy atom. The van der Waals surface area contributed by atoms with Crippen LogP contribution in [0.15, 0.2) is 0 Å². The van der Waals surface area contributed by atoms with Gasteiger partial charge in [-0.25, -0.2) is 8.42 Å². The fourth-order valence-corrected chi connectivity index (χ4v) is 3.82. The highest BCUT2D eigenvalue weighted by molar-refractivity contribution is 7.93. The van der Waals surface area contributed by atoms with Gasteiger partial charge in [0.25, 0.3) is 5.95 Å². The fraction of sp³-hybridized carbons (Fsp3) is 0.867. The lowest BCUT2D eigenvalue weighted by molar-refractivity contribution is -0.117. The van der Waals surface area contributed by atoms with Crippen LogP contribution in [0.4, 0.5) is 5.95 Å². The Morgan fingerprint density at radius 2 is 2.00 bits per heavy atom. The Labute approximate surface area is 148 Å². The van der Waals surface area contributed by atoms with Gasteiger partial charge in [-0.1, -0.05) is 5.10 Å². The predicted octanol–water partition coefficient (Wildman–Crippen LogP) is 0.987. The second kappa shape index (κ2) is 6.99. The number of hydrogen-bond acceptors (Lipinski definition) is 7. The molecule has 10 heteroatoms. The Balaban J connectivity index is 2.03. The molecule has 1 aromatic rings. The van der Waals surface area contributed by atoms with Crippen molar-refractivity contribution in [2.75, 3.05) is 24.3 Å². The molecule has 25 heavy (non-hydrogen) atoms. The molecule has 142 valence electrons. The van der Waals surface area contributed by atoms with Gasteiger partial charge in [-0.15, -0.1) is 5.10 Å². The summed E-state index contributed by atoms with van der Waals surface area (Å²) in [6.45, 7) is 9.73. The van der Waals surface area contributed by atoms with E-state index in [-0.39, 0.29) is 23.2 Å². The van der Waals surface area contributed by atoms with Gasteiger partial charge in [-0.2, -0.15) is 4.80 Å². The Hall–Kier alpha value is -1.55. The van der Waals surface area contributed by atoms with Gasteiger partial charge in [-0.3, -0.25) is 10.1 Å². The third-order valence-corrected chi connectivity index (χ3v) is 6.90. The SMILES string of the molecule is CC(C)(C)n1nnc(NC(=O)C(C)(C)S(=O)(=O)CCC2CCOC2)n1. The van der Waals surface area contributed by atoms with E-state index in [1.165, 1.54) is 18.6 Å². The molecule has 0 spiro atoms. The molecule has 0 aliphatic carbocycles. The van der Waals surface area contributed by atoms with Crippen molar-refractivity contribution in [3.05, 3.63) is 0 Å². The largest absolute Gasteiger partial charge is 0.381 e. The third kappa shape index (κ3) is 4.55. The number of hydrogen-bond donors (Lipinski definition) is 1. The molecule has 1 aliphatic heterocycles. The number of sulfone groups is 1. The molecule has 1 aromatic heterocycles. The number of aromatic nitrogens is 4. The lowest BCUT2D eigenvalue weighted by atomic mass is 10.1. The molecule has 0 saturated carbocycles. The van der Waals surface area contributed by atoms with Crippen LogP contribution in [0.1, 0.15) is 47.5 Å². The van der Waals surface area contributed by atoms with Crippen molar-refractivity contribution < 1.29 is 17.9 Å². The minimum absolute atomic E-state index is 0.00704. The summed E-state index contributed by atoms with van der Waals surface area (Å²) in [5, 5.41) is 14.2. The second-order valence-electron chi connectivity index (χ2n) is 7.87. The van der Waals surface area contributed by atoms with E-state index in [1.807, 2.05) is 20.8 Å². The summed E-state index contributed by atoms with van der Waals surface area (Å²) in [6, 6.07) is 0. The lowest BCUT2D eigenvalue weighted by Gasteiger charge is -2.23. The van der Waals surface area contributed by atoms with Gasteiger partial charge in [-0.05, 0) is 58.6 Å². The van der Waals surface area contributed by atoms with Crippen molar-refractivity contribution >= 4 is 21.7 Å². The number of nitrogens with zero attached hydrogens (tertiary/aromatic N) is 4. The number of anilines is 1. The average molecular weight is 373 g/mol. The van der Waals surface area contributed by atoms with Gasteiger partial charge in [0.15, 0.2) is 9.84 Å². The molecule has 1 unspecified atom stereocenters. The number of rotatable bonds is 6. The van der Waals surface area contributed by atoms with E-state index in [4.69, 9.17) is 4.74 Å². The molecular weight excluding hydrogens is 346 g/mol. The number of nitrogens with one attached hydrogen (secondary N) is 1. The number of carbonyl (C=O) groups is 1. The highest BCUT2D eigenvalue weighted by atomic mass is 32.2. The summed E-state index contributed by atoms with van der Waals surface area (Å²) in [5.74, 6) is -0.484. The summed E-state index contributed by atoms with van der Waals surface area (Å²) in [6.07, 6.45) is 1.36. The molecule has 1 amide bonds. The number of ether oxygens (including phenoxy) is 1. The first-order valence-electron chi connectivity index (χ1n) is 8.35. The zero-order chi connectivity index (χ0) is 18.9. The molecule has 0 bridgehead atoms. The highest BCUT2D eigenvalue weighted by Gasteiger charge is 2.42. The van der Waals surface area contributed by atoms with Gasteiger partial charge in [0.1, 0.15) is 4.75 Å². The fourth-order valence-electron chi connectivity index (χ4n) is 2.33. The highest BCUT2D eigenvalue weighted by Crippen LogP contribution is 2.24. The van der Waals surface area contributed by atoms with Crippen molar-refractivity contribution in [3.63, 3.8) is 0 Å². The molecule has 1 saturated heterocycles. The predicted molar refractivity (Wildman–Crippen MR) is 92.9 cm³/mol. The quantitative estimate of drug-likeness (QED) is 0.790. The van der Waals surface area contributed by atoms with Crippen molar-refractivity contribution in [1.82, 2.24) is 20.2 Å². The van der Waals surface area contributed by atoms with E-state index in [0.717, 1.165) is 6.42 Å². The maximum atomic E-state index is 12.6. The standard InChI is InChI=1S/C15H27N5O4S/c1-14(2,3)20-18-13(17-19-20)16-12(21)15(4,5)25(22,23)9-7-11-6-8-24-10-11/h11H,6-10H2,1-5H3,(H,16,18,21). The van der Waals surface area contributed by atoms with Crippen LogP contribution in [-0.2, 0) is 24.9 Å².